The van der Waals surface area contributed by atoms with Gasteiger partial charge >= 0.3 is 5.97 Å². The normalized spacial score (nSPS) is 11.4. The number of rotatable bonds is 6. The van der Waals surface area contributed by atoms with Crippen LogP contribution in [0.5, 0.6) is 0 Å². The van der Waals surface area contributed by atoms with Crippen LogP contribution in [0, 0.1) is 12.7 Å². The van der Waals surface area contributed by atoms with E-state index in [1.54, 1.807) is 0 Å². The summed E-state index contributed by atoms with van der Waals surface area (Å²) < 4.78 is 45.9. The molecule has 8 heteroatoms. The van der Waals surface area contributed by atoms with Crippen LogP contribution in [0.1, 0.15) is 22.3 Å². The van der Waals surface area contributed by atoms with E-state index in [1.165, 1.54) is 14.0 Å². The SMILES string of the molecule is COCCCOC(=O)c1cc(F)c(C)c(S(=O)(=O)Cl)c1. The number of methoxy groups -OCH3 is 1. The van der Waals surface area contributed by atoms with Gasteiger partial charge < -0.3 is 9.47 Å². The first-order chi connectivity index (χ1) is 9.27. The summed E-state index contributed by atoms with van der Waals surface area (Å²) >= 11 is 0. The van der Waals surface area contributed by atoms with Gasteiger partial charge in [-0.3, -0.25) is 0 Å². The Bertz CT molecular complexity index is 600. The minimum absolute atomic E-state index is 0.0884. The zero-order chi connectivity index (χ0) is 15.3. The number of halogens is 2. The molecule has 0 atom stereocenters. The average molecular weight is 325 g/mol. The highest BCUT2D eigenvalue weighted by Gasteiger charge is 2.20. The third-order valence-electron chi connectivity index (χ3n) is 2.52. The molecule has 0 amide bonds. The van der Waals surface area contributed by atoms with Crippen molar-refractivity contribution < 1.29 is 27.1 Å². The molecule has 1 aromatic rings. The van der Waals surface area contributed by atoms with Gasteiger partial charge in [-0.05, 0) is 19.1 Å². The van der Waals surface area contributed by atoms with E-state index in [9.17, 15) is 17.6 Å². The molecule has 0 aromatic heterocycles. The third-order valence-corrected chi connectivity index (χ3v) is 3.97. The summed E-state index contributed by atoms with van der Waals surface area (Å²) in [5.41, 5.74) is -0.347. The lowest BCUT2D eigenvalue weighted by Crippen LogP contribution is -2.10. The molecular formula is C12H14ClFO5S. The quantitative estimate of drug-likeness (QED) is 0.456. The first kappa shape index (κ1) is 16.9. The summed E-state index contributed by atoms with van der Waals surface area (Å²) in [6, 6.07) is 1.92. The van der Waals surface area contributed by atoms with Crippen LogP contribution in [-0.4, -0.2) is 34.7 Å². The fourth-order valence-electron chi connectivity index (χ4n) is 1.48. The van der Waals surface area contributed by atoms with Crippen LogP contribution in [0.2, 0.25) is 0 Å². The van der Waals surface area contributed by atoms with E-state index < -0.39 is 25.7 Å². The monoisotopic (exact) mass is 324 g/mol. The molecule has 0 saturated heterocycles. The van der Waals surface area contributed by atoms with Crippen molar-refractivity contribution in [1.82, 2.24) is 0 Å². The molecule has 0 unspecified atom stereocenters. The largest absolute Gasteiger partial charge is 0.462 e. The lowest BCUT2D eigenvalue weighted by molar-refractivity contribution is 0.0467. The number of carbonyl (C=O) groups excluding carboxylic acids is 1. The average Bonchev–Trinajstić information content (AvgIpc) is 2.36. The summed E-state index contributed by atoms with van der Waals surface area (Å²) in [5, 5.41) is 0. The van der Waals surface area contributed by atoms with Crippen molar-refractivity contribution in [2.24, 2.45) is 0 Å². The van der Waals surface area contributed by atoms with Crippen LogP contribution < -0.4 is 0 Å². The zero-order valence-electron chi connectivity index (χ0n) is 11.0. The Morgan fingerprint density at radius 3 is 2.55 bits per heavy atom. The number of hydrogen-bond donors (Lipinski definition) is 0. The maximum Gasteiger partial charge on any atom is 0.338 e. The van der Waals surface area contributed by atoms with E-state index in [0.29, 0.717) is 13.0 Å². The molecule has 1 aromatic carbocycles. The molecule has 0 aliphatic carbocycles. The van der Waals surface area contributed by atoms with Crippen molar-refractivity contribution in [3.8, 4) is 0 Å². The van der Waals surface area contributed by atoms with Crippen molar-refractivity contribution in [2.45, 2.75) is 18.2 Å². The van der Waals surface area contributed by atoms with Gasteiger partial charge in [0.1, 0.15) is 5.82 Å². The fraction of sp³-hybridized carbons (Fsp3) is 0.417. The molecule has 0 radical (unpaired) electrons. The van der Waals surface area contributed by atoms with E-state index in [0.717, 1.165) is 12.1 Å². The molecular weight excluding hydrogens is 311 g/mol. The van der Waals surface area contributed by atoms with Gasteiger partial charge in [-0.25, -0.2) is 17.6 Å². The molecule has 0 saturated carbocycles. The Kier molecular flexibility index (Phi) is 5.91. The van der Waals surface area contributed by atoms with Gasteiger partial charge in [-0.1, -0.05) is 0 Å². The Labute approximate surface area is 121 Å². The summed E-state index contributed by atoms with van der Waals surface area (Å²) in [5.74, 6) is -1.66. The van der Waals surface area contributed by atoms with Gasteiger partial charge in [0.15, 0.2) is 0 Å². The van der Waals surface area contributed by atoms with E-state index in [2.05, 4.69) is 0 Å². The summed E-state index contributed by atoms with van der Waals surface area (Å²) in [6.07, 6.45) is 0.483. The predicted molar refractivity (Wildman–Crippen MR) is 71.0 cm³/mol. The summed E-state index contributed by atoms with van der Waals surface area (Å²) in [7, 11) is 2.57. The number of hydrogen-bond acceptors (Lipinski definition) is 5. The van der Waals surface area contributed by atoms with Crippen LogP contribution in [0.25, 0.3) is 0 Å². The van der Waals surface area contributed by atoms with E-state index in [1.807, 2.05) is 0 Å². The molecule has 0 aliphatic heterocycles. The highest BCUT2D eigenvalue weighted by molar-refractivity contribution is 8.13. The van der Waals surface area contributed by atoms with Crippen LogP contribution in [0.4, 0.5) is 4.39 Å². The molecule has 112 valence electrons. The van der Waals surface area contributed by atoms with Crippen molar-refractivity contribution in [1.29, 1.82) is 0 Å². The van der Waals surface area contributed by atoms with E-state index >= 15 is 0 Å². The second-order valence-corrected chi connectivity index (χ2v) is 6.54. The Morgan fingerprint density at radius 2 is 2.00 bits per heavy atom. The Balaban J connectivity index is 2.97. The second-order valence-electron chi connectivity index (χ2n) is 4.00. The van der Waals surface area contributed by atoms with E-state index in [-0.39, 0.29) is 17.7 Å². The van der Waals surface area contributed by atoms with Gasteiger partial charge in [0, 0.05) is 36.4 Å². The summed E-state index contributed by atoms with van der Waals surface area (Å²) in [6.45, 7) is 1.76. The highest BCUT2D eigenvalue weighted by Crippen LogP contribution is 2.24. The predicted octanol–water partition coefficient (Wildman–Crippen LogP) is 2.25. The van der Waals surface area contributed by atoms with Crippen LogP contribution in [0.15, 0.2) is 17.0 Å². The summed E-state index contributed by atoms with van der Waals surface area (Å²) in [4.78, 5) is 11.2. The lowest BCUT2D eigenvalue weighted by atomic mass is 10.1. The van der Waals surface area contributed by atoms with E-state index in [4.69, 9.17) is 20.2 Å². The highest BCUT2D eigenvalue weighted by atomic mass is 35.7. The Morgan fingerprint density at radius 1 is 1.35 bits per heavy atom. The molecule has 0 spiro atoms. The molecule has 5 nitrogen and oxygen atoms in total. The van der Waals surface area contributed by atoms with Crippen LogP contribution in [-0.2, 0) is 18.5 Å². The maximum absolute atomic E-state index is 13.6. The van der Waals surface area contributed by atoms with Gasteiger partial charge in [-0.2, -0.15) is 0 Å². The first-order valence-corrected chi connectivity index (χ1v) is 7.99. The number of esters is 1. The maximum atomic E-state index is 13.6. The second kappa shape index (κ2) is 7.01. The Hall–Kier alpha value is -1.18. The van der Waals surface area contributed by atoms with Gasteiger partial charge in [0.05, 0.1) is 17.1 Å². The minimum atomic E-state index is -4.14. The molecule has 20 heavy (non-hydrogen) atoms. The number of benzene rings is 1. The molecule has 0 fully saturated rings. The van der Waals surface area contributed by atoms with Crippen molar-refractivity contribution in [3.05, 3.63) is 29.1 Å². The lowest BCUT2D eigenvalue weighted by Gasteiger charge is -2.08. The smallest absolute Gasteiger partial charge is 0.338 e. The van der Waals surface area contributed by atoms with Crippen molar-refractivity contribution >= 4 is 25.7 Å². The van der Waals surface area contributed by atoms with Crippen LogP contribution >= 0.6 is 10.7 Å². The number of ether oxygens (including phenoxy) is 2. The van der Waals surface area contributed by atoms with Crippen molar-refractivity contribution in [3.63, 3.8) is 0 Å². The zero-order valence-corrected chi connectivity index (χ0v) is 12.6. The topological polar surface area (TPSA) is 69.7 Å². The van der Waals surface area contributed by atoms with Crippen molar-refractivity contribution in [2.75, 3.05) is 20.3 Å². The molecule has 0 bridgehead atoms. The van der Waals surface area contributed by atoms with Gasteiger partial charge in [0.25, 0.3) is 9.05 Å². The van der Waals surface area contributed by atoms with Gasteiger partial charge in [-0.15, -0.1) is 0 Å². The number of carbonyl (C=O) groups is 1. The molecule has 0 heterocycles. The van der Waals surface area contributed by atoms with Gasteiger partial charge in [0.2, 0.25) is 0 Å². The molecule has 0 N–H and O–H groups in total. The molecule has 0 aliphatic rings. The van der Waals surface area contributed by atoms with Crippen LogP contribution in [0.3, 0.4) is 0 Å². The standard InChI is InChI=1S/C12H14ClFO5S/c1-8-10(14)6-9(7-11(8)20(13,16)17)12(15)19-5-3-4-18-2/h6-7H,3-5H2,1-2H3. The minimum Gasteiger partial charge on any atom is -0.462 e. The third kappa shape index (κ3) is 4.43. The molecule has 1 rings (SSSR count). The first-order valence-electron chi connectivity index (χ1n) is 5.68. The fourth-order valence-corrected chi connectivity index (χ4v) is 2.69.